The lowest BCUT2D eigenvalue weighted by Crippen LogP contribution is -1.92. The molecule has 2 N–H and O–H groups in total. The van der Waals surface area contributed by atoms with E-state index < -0.39 is 0 Å². The van der Waals surface area contributed by atoms with Crippen molar-refractivity contribution in [2.75, 3.05) is 28.4 Å². The van der Waals surface area contributed by atoms with Crippen molar-refractivity contribution in [2.24, 2.45) is 0 Å². The van der Waals surface area contributed by atoms with Gasteiger partial charge < -0.3 is 29.2 Å². The maximum atomic E-state index is 10.3. The van der Waals surface area contributed by atoms with Gasteiger partial charge >= 0.3 is 0 Å². The minimum Gasteiger partial charge on any atom is -0.502 e. The van der Waals surface area contributed by atoms with Crippen molar-refractivity contribution in [2.45, 2.75) is 0 Å². The van der Waals surface area contributed by atoms with Crippen molar-refractivity contribution in [1.29, 1.82) is 0 Å². The van der Waals surface area contributed by atoms with Crippen LogP contribution in [0.15, 0.2) is 36.4 Å². The summed E-state index contributed by atoms with van der Waals surface area (Å²) in [5, 5.41) is 22.0. The molecule has 0 saturated carbocycles. The van der Waals surface area contributed by atoms with Gasteiger partial charge in [0.05, 0.1) is 28.4 Å². The van der Waals surface area contributed by atoms with Gasteiger partial charge in [0.25, 0.3) is 0 Å². The predicted molar refractivity (Wildman–Crippen MR) is 98.9 cm³/mol. The fourth-order valence-electron chi connectivity index (χ4n) is 2.93. The third-order valence-corrected chi connectivity index (χ3v) is 4.27. The molecule has 6 heteroatoms. The van der Waals surface area contributed by atoms with Crippen LogP contribution in [0.2, 0.25) is 0 Å². The number of hydrogen-bond acceptors (Lipinski definition) is 6. The normalized spacial score (nSPS) is 10.6. The van der Waals surface area contributed by atoms with Crippen molar-refractivity contribution in [3.8, 4) is 45.6 Å². The van der Waals surface area contributed by atoms with Crippen LogP contribution in [0.5, 0.6) is 34.5 Å². The minimum absolute atomic E-state index is 0.0551. The van der Waals surface area contributed by atoms with E-state index in [1.165, 1.54) is 28.4 Å². The van der Waals surface area contributed by atoms with Gasteiger partial charge in [-0.15, -0.1) is 0 Å². The lowest BCUT2D eigenvalue weighted by molar-refractivity contribution is 0.340. The summed E-state index contributed by atoms with van der Waals surface area (Å²) < 4.78 is 21.0. The van der Waals surface area contributed by atoms with Crippen molar-refractivity contribution in [1.82, 2.24) is 0 Å². The van der Waals surface area contributed by atoms with Crippen LogP contribution < -0.4 is 18.9 Å². The second-order valence-electron chi connectivity index (χ2n) is 5.63. The number of hydrogen-bond donors (Lipinski definition) is 2. The van der Waals surface area contributed by atoms with E-state index >= 15 is 0 Å². The van der Waals surface area contributed by atoms with E-state index in [1.807, 2.05) is 18.2 Å². The Labute approximate surface area is 151 Å². The van der Waals surface area contributed by atoms with Crippen LogP contribution >= 0.6 is 0 Å². The molecule has 0 atom stereocenters. The summed E-state index contributed by atoms with van der Waals surface area (Å²) in [7, 11) is 5.94. The molecule has 136 valence electrons. The van der Waals surface area contributed by atoms with Gasteiger partial charge in [-0.1, -0.05) is 12.1 Å². The standard InChI is InChI=1S/C20H20O6/c1-23-15-9-13(10-16(24-2)18(15)21)11-5-6-12-8-17(25-3)19(22)20(26-4)14(12)7-11/h5-10,21-22H,1-4H3. The molecule has 3 rings (SSSR count). The Morgan fingerprint density at radius 1 is 0.615 bits per heavy atom. The quantitative estimate of drug-likeness (QED) is 0.721. The number of phenolic OH excluding ortho intramolecular Hbond substituents is 2. The Morgan fingerprint density at radius 3 is 1.73 bits per heavy atom. The molecule has 0 saturated heterocycles. The molecule has 0 fully saturated rings. The number of fused-ring (bicyclic) bond motifs is 1. The second kappa shape index (κ2) is 6.92. The molecule has 0 amide bonds. The average Bonchev–Trinajstić information content (AvgIpc) is 2.67. The van der Waals surface area contributed by atoms with Crippen LogP contribution in [0.3, 0.4) is 0 Å². The summed E-state index contributed by atoms with van der Waals surface area (Å²) >= 11 is 0. The zero-order valence-corrected chi connectivity index (χ0v) is 15.0. The van der Waals surface area contributed by atoms with E-state index in [4.69, 9.17) is 18.9 Å². The Bertz CT molecular complexity index is 939. The van der Waals surface area contributed by atoms with Crippen LogP contribution in [-0.4, -0.2) is 38.7 Å². The highest BCUT2D eigenvalue weighted by Crippen LogP contribution is 2.45. The number of aromatic hydroxyl groups is 2. The van der Waals surface area contributed by atoms with Gasteiger partial charge in [0.15, 0.2) is 23.0 Å². The van der Waals surface area contributed by atoms with Crippen molar-refractivity contribution in [3.05, 3.63) is 36.4 Å². The summed E-state index contributed by atoms with van der Waals surface area (Å²) in [5.41, 5.74) is 1.63. The summed E-state index contributed by atoms with van der Waals surface area (Å²) in [6, 6.07) is 10.9. The molecule has 0 heterocycles. The second-order valence-corrected chi connectivity index (χ2v) is 5.63. The third kappa shape index (κ3) is 2.79. The third-order valence-electron chi connectivity index (χ3n) is 4.27. The molecule has 3 aromatic rings. The van der Waals surface area contributed by atoms with E-state index in [-0.39, 0.29) is 11.5 Å². The van der Waals surface area contributed by atoms with Crippen molar-refractivity contribution >= 4 is 10.8 Å². The molecular weight excluding hydrogens is 336 g/mol. The van der Waals surface area contributed by atoms with Gasteiger partial charge in [0.1, 0.15) is 0 Å². The number of methoxy groups -OCH3 is 4. The van der Waals surface area contributed by atoms with Crippen LogP contribution in [0.25, 0.3) is 21.9 Å². The molecule has 0 aliphatic heterocycles. The van der Waals surface area contributed by atoms with Crippen LogP contribution in [0, 0.1) is 0 Å². The average molecular weight is 356 g/mol. The lowest BCUT2D eigenvalue weighted by atomic mass is 9.99. The maximum absolute atomic E-state index is 10.3. The SMILES string of the molecule is COc1cc(-c2ccc3cc(OC)c(O)c(OC)c3c2)cc(OC)c1O. The van der Waals surface area contributed by atoms with Crippen molar-refractivity contribution in [3.63, 3.8) is 0 Å². The number of ether oxygens (including phenoxy) is 4. The Balaban J connectivity index is 2.24. The topological polar surface area (TPSA) is 77.4 Å². The molecule has 0 aliphatic rings. The molecule has 0 bridgehead atoms. The first-order valence-electron chi connectivity index (χ1n) is 7.87. The van der Waals surface area contributed by atoms with Gasteiger partial charge in [-0.05, 0) is 40.8 Å². The maximum Gasteiger partial charge on any atom is 0.201 e. The van der Waals surface area contributed by atoms with Crippen LogP contribution in [-0.2, 0) is 0 Å². The lowest BCUT2D eigenvalue weighted by Gasteiger charge is -2.14. The molecular formula is C20H20O6. The first kappa shape index (κ1) is 17.5. The van der Waals surface area contributed by atoms with Gasteiger partial charge in [0.2, 0.25) is 11.5 Å². The fraction of sp³-hybridized carbons (Fsp3) is 0.200. The number of rotatable bonds is 5. The predicted octanol–water partition coefficient (Wildman–Crippen LogP) is 3.95. The van der Waals surface area contributed by atoms with E-state index in [0.717, 1.165) is 21.9 Å². The summed E-state index contributed by atoms with van der Waals surface area (Å²) in [6.07, 6.45) is 0. The fourth-order valence-corrected chi connectivity index (χ4v) is 2.93. The minimum atomic E-state index is -0.0560. The van der Waals surface area contributed by atoms with Gasteiger partial charge in [0, 0.05) is 5.39 Å². The summed E-state index contributed by atoms with van der Waals surface area (Å²) in [4.78, 5) is 0. The summed E-state index contributed by atoms with van der Waals surface area (Å²) in [5.74, 6) is 1.18. The largest absolute Gasteiger partial charge is 0.502 e. The van der Waals surface area contributed by atoms with E-state index in [2.05, 4.69) is 0 Å². The number of phenols is 2. The molecule has 0 aliphatic carbocycles. The van der Waals surface area contributed by atoms with Crippen LogP contribution in [0.1, 0.15) is 0 Å². The van der Waals surface area contributed by atoms with Gasteiger partial charge in [-0.3, -0.25) is 0 Å². The summed E-state index contributed by atoms with van der Waals surface area (Å²) in [6.45, 7) is 0. The molecule has 0 radical (unpaired) electrons. The molecule has 6 nitrogen and oxygen atoms in total. The highest BCUT2D eigenvalue weighted by Gasteiger charge is 2.16. The first-order valence-corrected chi connectivity index (χ1v) is 7.87. The van der Waals surface area contributed by atoms with E-state index in [1.54, 1.807) is 18.2 Å². The van der Waals surface area contributed by atoms with E-state index in [9.17, 15) is 10.2 Å². The zero-order chi connectivity index (χ0) is 18.8. The number of benzene rings is 3. The van der Waals surface area contributed by atoms with Gasteiger partial charge in [-0.2, -0.15) is 0 Å². The molecule has 0 aromatic heterocycles. The first-order chi connectivity index (χ1) is 12.5. The Hall–Kier alpha value is -3.28. The highest BCUT2D eigenvalue weighted by atomic mass is 16.5. The molecule has 0 unspecified atom stereocenters. The zero-order valence-electron chi connectivity index (χ0n) is 15.0. The van der Waals surface area contributed by atoms with Crippen molar-refractivity contribution < 1.29 is 29.2 Å². The Morgan fingerprint density at radius 2 is 1.19 bits per heavy atom. The molecule has 0 spiro atoms. The highest BCUT2D eigenvalue weighted by molar-refractivity contribution is 5.96. The molecule has 3 aromatic carbocycles. The molecule has 26 heavy (non-hydrogen) atoms. The van der Waals surface area contributed by atoms with Gasteiger partial charge in [-0.25, -0.2) is 0 Å². The monoisotopic (exact) mass is 356 g/mol. The van der Waals surface area contributed by atoms with E-state index in [0.29, 0.717) is 23.0 Å². The Kier molecular flexibility index (Phi) is 4.67. The smallest absolute Gasteiger partial charge is 0.201 e. The van der Waals surface area contributed by atoms with Crippen LogP contribution in [0.4, 0.5) is 0 Å².